The Hall–Kier alpha value is 0. The van der Waals surface area contributed by atoms with Gasteiger partial charge in [-0.15, -0.1) is 0 Å². The van der Waals surface area contributed by atoms with Gasteiger partial charge in [0.1, 0.15) is 0 Å². The molecular formula is C20H38. The van der Waals surface area contributed by atoms with Gasteiger partial charge in [-0.3, -0.25) is 0 Å². The minimum Gasteiger partial charge on any atom is -0.0533 e. The summed E-state index contributed by atoms with van der Waals surface area (Å²) < 4.78 is 0. The Balaban J connectivity index is 2.00. The lowest BCUT2D eigenvalue weighted by Crippen LogP contribution is -1.86. The van der Waals surface area contributed by atoms with Gasteiger partial charge < -0.3 is 0 Å². The third-order valence-corrected chi connectivity index (χ3v) is 4.63. The molecule has 0 nitrogen and oxygen atoms in total. The minimum absolute atomic E-state index is 1.34. The predicted octanol–water partition coefficient (Wildman–Crippen LogP) is 7.43. The molecule has 0 spiro atoms. The van der Waals surface area contributed by atoms with Gasteiger partial charge in [-0.1, -0.05) is 116 Å². The van der Waals surface area contributed by atoms with E-state index in [4.69, 9.17) is 0 Å². The summed E-state index contributed by atoms with van der Waals surface area (Å²) in [6.45, 7) is 0. The average Bonchev–Trinajstić information content (AvgIpc) is 2.46. The van der Waals surface area contributed by atoms with Crippen LogP contribution in [0, 0.1) is 12.8 Å². The molecule has 1 saturated carbocycles. The highest BCUT2D eigenvalue weighted by molar-refractivity contribution is 4.70. The first kappa shape index (κ1) is 18.1. The zero-order chi connectivity index (χ0) is 14.1. The lowest BCUT2D eigenvalue weighted by atomic mass is 10.0. The Kier molecular flexibility index (Phi) is 13.9. The van der Waals surface area contributed by atoms with Crippen LogP contribution in [-0.2, 0) is 0 Å². The molecule has 0 aliphatic heterocycles. The van der Waals surface area contributed by atoms with E-state index >= 15 is 0 Å². The summed E-state index contributed by atoms with van der Waals surface area (Å²) in [6.07, 6.45) is 31.0. The normalized spacial score (nSPS) is 24.0. The van der Waals surface area contributed by atoms with E-state index < -0.39 is 0 Å². The quantitative estimate of drug-likeness (QED) is 0.432. The molecule has 118 valence electrons. The molecule has 0 aromatic rings. The molecule has 1 fully saturated rings. The highest BCUT2D eigenvalue weighted by Crippen LogP contribution is 2.16. The molecule has 0 N–H and O–H groups in total. The lowest BCUT2D eigenvalue weighted by Gasteiger charge is -2.05. The first-order chi connectivity index (χ1) is 10.0. The summed E-state index contributed by atoms with van der Waals surface area (Å²) in [5.74, 6) is 0. The highest BCUT2D eigenvalue weighted by Gasteiger charge is 1.97. The fourth-order valence-electron chi connectivity index (χ4n) is 3.22. The average molecular weight is 279 g/mol. The Bertz CT molecular complexity index is 86.4. The van der Waals surface area contributed by atoms with Crippen LogP contribution in [0.1, 0.15) is 116 Å². The second kappa shape index (κ2) is 15.4. The van der Waals surface area contributed by atoms with Crippen LogP contribution < -0.4 is 0 Å². The van der Waals surface area contributed by atoms with Gasteiger partial charge in [0.15, 0.2) is 0 Å². The van der Waals surface area contributed by atoms with E-state index in [0.29, 0.717) is 0 Å². The van der Waals surface area contributed by atoms with Gasteiger partial charge in [0.05, 0.1) is 0 Å². The Morgan fingerprint density at radius 3 is 0.850 bits per heavy atom. The molecule has 0 atom stereocenters. The van der Waals surface area contributed by atoms with Crippen molar-refractivity contribution in [2.75, 3.05) is 0 Å². The van der Waals surface area contributed by atoms with Crippen molar-refractivity contribution >= 4 is 0 Å². The number of hydrogen-bond acceptors (Lipinski definition) is 0. The van der Waals surface area contributed by atoms with E-state index in [0.717, 1.165) is 0 Å². The van der Waals surface area contributed by atoms with E-state index in [1.54, 1.807) is 0 Å². The van der Waals surface area contributed by atoms with Gasteiger partial charge in [-0.25, -0.2) is 0 Å². The van der Waals surface area contributed by atoms with Crippen LogP contribution in [0.3, 0.4) is 0 Å². The maximum atomic E-state index is 2.53. The topological polar surface area (TPSA) is 0 Å². The first-order valence-corrected chi connectivity index (χ1v) is 9.63. The third kappa shape index (κ3) is 13.0. The molecule has 0 amide bonds. The van der Waals surface area contributed by atoms with Crippen molar-refractivity contribution in [1.82, 2.24) is 0 Å². The van der Waals surface area contributed by atoms with Gasteiger partial charge in [0.2, 0.25) is 0 Å². The molecule has 1 rings (SSSR count). The maximum absolute atomic E-state index is 2.53. The molecule has 1 aliphatic rings. The van der Waals surface area contributed by atoms with Crippen LogP contribution in [-0.4, -0.2) is 0 Å². The first-order valence-electron chi connectivity index (χ1n) is 9.63. The number of rotatable bonds is 0. The van der Waals surface area contributed by atoms with Crippen LogP contribution in [0.25, 0.3) is 0 Å². The molecule has 0 bridgehead atoms. The smallest absolute Gasteiger partial charge is 0.0386 e. The van der Waals surface area contributed by atoms with Crippen molar-refractivity contribution in [2.24, 2.45) is 0 Å². The zero-order valence-electron chi connectivity index (χ0n) is 13.9. The molecule has 0 saturated heterocycles. The summed E-state index contributed by atoms with van der Waals surface area (Å²) in [4.78, 5) is 0. The molecule has 0 aromatic carbocycles. The van der Waals surface area contributed by atoms with Crippen LogP contribution in [0.15, 0.2) is 0 Å². The van der Waals surface area contributed by atoms with Crippen molar-refractivity contribution in [3.05, 3.63) is 12.8 Å². The highest BCUT2D eigenvalue weighted by atomic mass is 14.0. The van der Waals surface area contributed by atoms with Gasteiger partial charge in [-0.2, -0.15) is 0 Å². The van der Waals surface area contributed by atoms with Crippen molar-refractivity contribution in [3.8, 4) is 0 Å². The summed E-state index contributed by atoms with van der Waals surface area (Å²) in [6, 6.07) is 0. The zero-order valence-corrected chi connectivity index (χ0v) is 13.9. The largest absolute Gasteiger partial charge is 0.0533 e. The molecule has 0 heterocycles. The number of hydrogen-bond donors (Lipinski definition) is 0. The minimum atomic E-state index is 1.34. The van der Waals surface area contributed by atoms with E-state index in [1.165, 1.54) is 116 Å². The van der Waals surface area contributed by atoms with Crippen LogP contribution in [0.4, 0.5) is 0 Å². The van der Waals surface area contributed by atoms with E-state index in [9.17, 15) is 0 Å². The SMILES string of the molecule is [CH]1CCC[CH]CCCCCCCCCCCCCCC1. The molecule has 20 heavy (non-hydrogen) atoms. The van der Waals surface area contributed by atoms with Crippen molar-refractivity contribution in [1.29, 1.82) is 0 Å². The summed E-state index contributed by atoms with van der Waals surface area (Å²) in [5, 5.41) is 0. The second-order valence-electron chi connectivity index (χ2n) is 6.68. The van der Waals surface area contributed by atoms with Crippen LogP contribution in [0.2, 0.25) is 0 Å². The van der Waals surface area contributed by atoms with Crippen molar-refractivity contribution in [3.63, 3.8) is 0 Å². The van der Waals surface area contributed by atoms with E-state index in [-0.39, 0.29) is 0 Å². The summed E-state index contributed by atoms with van der Waals surface area (Å²) in [5.41, 5.74) is 0. The van der Waals surface area contributed by atoms with Gasteiger partial charge in [0.25, 0.3) is 0 Å². The second-order valence-corrected chi connectivity index (χ2v) is 6.68. The Morgan fingerprint density at radius 2 is 0.500 bits per heavy atom. The predicted molar refractivity (Wildman–Crippen MR) is 91.7 cm³/mol. The standard InChI is InChI=1S/C20H38/c1-2-4-6-8-10-12-14-16-18-20-19-17-15-13-11-9-7-5-3-1/h1,8H,2-7,9-20H2. The summed E-state index contributed by atoms with van der Waals surface area (Å²) in [7, 11) is 0. The molecule has 0 aromatic heterocycles. The maximum Gasteiger partial charge on any atom is -0.0386 e. The Labute approximate surface area is 129 Å². The fraction of sp³-hybridized carbons (Fsp3) is 0.900. The van der Waals surface area contributed by atoms with Gasteiger partial charge >= 0.3 is 0 Å². The van der Waals surface area contributed by atoms with E-state index in [2.05, 4.69) is 12.8 Å². The van der Waals surface area contributed by atoms with E-state index in [1.807, 2.05) is 0 Å². The monoisotopic (exact) mass is 278 g/mol. The summed E-state index contributed by atoms with van der Waals surface area (Å²) >= 11 is 0. The van der Waals surface area contributed by atoms with Gasteiger partial charge in [-0.05, 0) is 12.8 Å². The molecule has 1 aliphatic carbocycles. The van der Waals surface area contributed by atoms with Gasteiger partial charge in [0, 0.05) is 0 Å². The molecule has 0 unspecified atom stereocenters. The van der Waals surface area contributed by atoms with Crippen molar-refractivity contribution < 1.29 is 0 Å². The fourth-order valence-corrected chi connectivity index (χ4v) is 3.22. The van der Waals surface area contributed by atoms with Crippen molar-refractivity contribution in [2.45, 2.75) is 116 Å². The molecule has 2 radical (unpaired) electrons. The Morgan fingerprint density at radius 1 is 0.250 bits per heavy atom. The van der Waals surface area contributed by atoms with Crippen LogP contribution >= 0.6 is 0 Å². The lowest BCUT2D eigenvalue weighted by molar-refractivity contribution is 0.532. The molecular weight excluding hydrogens is 240 g/mol. The van der Waals surface area contributed by atoms with Crippen LogP contribution in [0.5, 0.6) is 0 Å². The molecule has 0 heteroatoms. The third-order valence-electron chi connectivity index (χ3n) is 4.63.